The third-order valence-electron chi connectivity index (χ3n) is 3.79. The van der Waals surface area contributed by atoms with Crippen LogP contribution in [0.2, 0.25) is 5.02 Å². The van der Waals surface area contributed by atoms with Gasteiger partial charge >= 0.3 is 0 Å². The van der Waals surface area contributed by atoms with Gasteiger partial charge in [0, 0.05) is 22.4 Å². The molecule has 2 aromatic carbocycles. The Morgan fingerprint density at radius 3 is 2.44 bits per heavy atom. The number of thioether (sulfide) groups is 1. The van der Waals surface area contributed by atoms with E-state index in [2.05, 4.69) is 21.4 Å². The maximum absolute atomic E-state index is 9.71. The fourth-order valence-electron chi connectivity index (χ4n) is 2.55. The second kappa shape index (κ2) is 8.90. The van der Waals surface area contributed by atoms with Gasteiger partial charge in [0.1, 0.15) is 17.5 Å². The Bertz CT molecular complexity index is 968. The number of hydrogen-bond donors (Lipinski definition) is 1. The summed E-state index contributed by atoms with van der Waals surface area (Å²) in [6.07, 6.45) is 0. The molecule has 0 radical (unpaired) electrons. The highest BCUT2D eigenvalue weighted by molar-refractivity contribution is 7.98. The summed E-state index contributed by atoms with van der Waals surface area (Å²) >= 11 is 7.76. The van der Waals surface area contributed by atoms with Crippen molar-refractivity contribution < 1.29 is 0 Å². The Morgan fingerprint density at radius 1 is 1.07 bits per heavy atom. The number of anilines is 1. The molecule has 0 aliphatic carbocycles. The van der Waals surface area contributed by atoms with Crippen molar-refractivity contribution in [1.29, 1.82) is 5.26 Å². The number of benzene rings is 2. The van der Waals surface area contributed by atoms with Crippen LogP contribution in [0.5, 0.6) is 0 Å². The summed E-state index contributed by atoms with van der Waals surface area (Å²) in [5.41, 5.74) is 3.01. The van der Waals surface area contributed by atoms with Crippen LogP contribution in [-0.4, -0.2) is 16.0 Å². The van der Waals surface area contributed by atoms with Crippen LogP contribution in [-0.2, 0) is 5.75 Å². The van der Waals surface area contributed by atoms with Crippen molar-refractivity contribution in [1.82, 2.24) is 9.97 Å². The van der Waals surface area contributed by atoms with Gasteiger partial charge in [-0.15, -0.1) is 0 Å². The molecule has 0 atom stereocenters. The first-order valence-corrected chi connectivity index (χ1v) is 9.95. The molecule has 0 bridgehead atoms. The van der Waals surface area contributed by atoms with Crippen molar-refractivity contribution >= 4 is 29.2 Å². The summed E-state index contributed by atoms with van der Waals surface area (Å²) in [6.45, 7) is 4.03. The van der Waals surface area contributed by atoms with Crippen molar-refractivity contribution in [3.8, 4) is 17.3 Å². The molecule has 6 heteroatoms. The molecule has 3 rings (SSSR count). The fourth-order valence-corrected chi connectivity index (χ4v) is 3.68. The van der Waals surface area contributed by atoms with Gasteiger partial charge in [-0.2, -0.15) is 5.26 Å². The van der Waals surface area contributed by atoms with Crippen LogP contribution in [0.25, 0.3) is 11.3 Å². The van der Waals surface area contributed by atoms with E-state index in [1.807, 2.05) is 68.4 Å². The highest BCUT2D eigenvalue weighted by Gasteiger charge is 2.17. The third-order valence-corrected chi connectivity index (χ3v) is 5.05. The van der Waals surface area contributed by atoms with Gasteiger partial charge in [-0.3, -0.25) is 0 Å². The van der Waals surface area contributed by atoms with Crippen molar-refractivity contribution in [3.05, 3.63) is 70.7 Å². The van der Waals surface area contributed by atoms with Gasteiger partial charge in [-0.25, -0.2) is 9.97 Å². The van der Waals surface area contributed by atoms with Crippen molar-refractivity contribution in [2.24, 2.45) is 0 Å². The van der Waals surface area contributed by atoms with Gasteiger partial charge in [0.2, 0.25) is 0 Å². The molecule has 0 spiro atoms. The summed E-state index contributed by atoms with van der Waals surface area (Å²) in [6, 6.07) is 19.9. The number of halogens is 1. The summed E-state index contributed by atoms with van der Waals surface area (Å²) in [7, 11) is 0. The summed E-state index contributed by atoms with van der Waals surface area (Å²) in [4.78, 5) is 9.26. The van der Waals surface area contributed by atoms with Gasteiger partial charge in [0.15, 0.2) is 5.16 Å². The van der Waals surface area contributed by atoms with E-state index in [-0.39, 0.29) is 6.04 Å². The van der Waals surface area contributed by atoms with Crippen LogP contribution in [0.3, 0.4) is 0 Å². The minimum atomic E-state index is 0.150. The number of nitrogens with one attached hydrogen (secondary N) is 1. The van der Waals surface area contributed by atoms with Crippen molar-refractivity contribution in [3.63, 3.8) is 0 Å². The van der Waals surface area contributed by atoms with Crippen LogP contribution in [0.1, 0.15) is 25.0 Å². The molecule has 1 aromatic heterocycles. The SMILES string of the molecule is CC(C)Nc1nc(SCc2ccccc2Cl)nc(-c2ccccc2)c1C#N. The Kier molecular flexibility index (Phi) is 6.33. The molecule has 27 heavy (non-hydrogen) atoms. The van der Waals surface area contributed by atoms with E-state index < -0.39 is 0 Å². The topological polar surface area (TPSA) is 61.6 Å². The largest absolute Gasteiger partial charge is 0.367 e. The van der Waals surface area contributed by atoms with Gasteiger partial charge in [-0.1, -0.05) is 71.9 Å². The molecule has 0 unspecified atom stereocenters. The molecule has 0 aliphatic heterocycles. The minimum Gasteiger partial charge on any atom is -0.367 e. The third kappa shape index (κ3) is 4.79. The molecule has 1 heterocycles. The monoisotopic (exact) mass is 394 g/mol. The first-order valence-electron chi connectivity index (χ1n) is 8.58. The van der Waals surface area contributed by atoms with E-state index in [1.165, 1.54) is 11.8 Å². The highest BCUT2D eigenvalue weighted by Crippen LogP contribution is 2.31. The molecule has 0 saturated carbocycles. The summed E-state index contributed by atoms with van der Waals surface area (Å²) < 4.78 is 0. The zero-order chi connectivity index (χ0) is 19.2. The maximum atomic E-state index is 9.71. The van der Waals surface area contributed by atoms with Gasteiger partial charge in [0.05, 0.1) is 5.69 Å². The van der Waals surface area contributed by atoms with E-state index in [0.29, 0.717) is 28.0 Å². The van der Waals surface area contributed by atoms with Gasteiger partial charge < -0.3 is 5.32 Å². The van der Waals surface area contributed by atoms with Crippen LogP contribution < -0.4 is 5.32 Å². The number of nitrogens with zero attached hydrogens (tertiary/aromatic N) is 3. The molecule has 1 N–H and O–H groups in total. The van der Waals surface area contributed by atoms with Crippen LogP contribution in [0.15, 0.2) is 59.8 Å². The van der Waals surface area contributed by atoms with Gasteiger partial charge in [-0.05, 0) is 25.5 Å². The average molecular weight is 395 g/mol. The standard InChI is InChI=1S/C21H19ClN4S/c1-14(2)24-20-17(12-23)19(15-8-4-3-5-9-15)25-21(26-20)27-13-16-10-6-7-11-18(16)22/h3-11,14H,13H2,1-2H3,(H,24,25,26). The lowest BCUT2D eigenvalue weighted by Gasteiger charge is -2.15. The Balaban J connectivity index is 2.01. The molecular formula is C21H19ClN4S. The predicted molar refractivity (Wildman–Crippen MR) is 112 cm³/mol. The van der Waals surface area contributed by atoms with E-state index in [0.717, 1.165) is 16.1 Å². The fraction of sp³-hybridized carbons (Fsp3) is 0.190. The van der Waals surface area contributed by atoms with E-state index >= 15 is 0 Å². The Hall–Kier alpha value is -2.55. The van der Waals surface area contributed by atoms with E-state index in [9.17, 15) is 5.26 Å². The van der Waals surface area contributed by atoms with Crippen LogP contribution >= 0.6 is 23.4 Å². The first kappa shape index (κ1) is 19.2. The van der Waals surface area contributed by atoms with Crippen molar-refractivity contribution in [2.75, 3.05) is 5.32 Å². The second-order valence-corrected chi connectivity index (χ2v) is 7.59. The molecule has 0 fully saturated rings. The van der Waals surface area contributed by atoms with Gasteiger partial charge in [0.25, 0.3) is 0 Å². The summed E-state index contributed by atoms with van der Waals surface area (Å²) in [5.74, 6) is 1.21. The average Bonchev–Trinajstić information content (AvgIpc) is 2.67. The maximum Gasteiger partial charge on any atom is 0.190 e. The zero-order valence-corrected chi connectivity index (χ0v) is 16.7. The number of aromatic nitrogens is 2. The smallest absolute Gasteiger partial charge is 0.190 e. The second-order valence-electron chi connectivity index (χ2n) is 6.24. The van der Waals surface area contributed by atoms with E-state index in [4.69, 9.17) is 11.6 Å². The van der Waals surface area contributed by atoms with E-state index in [1.54, 1.807) is 0 Å². The highest BCUT2D eigenvalue weighted by atomic mass is 35.5. The summed E-state index contributed by atoms with van der Waals surface area (Å²) in [5, 5.41) is 14.3. The quantitative estimate of drug-likeness (QED) is 0.424. The number of hydrogen-bond acceptors (Lipinski definition) is 5. The minimum absolute atomic E-state index is 0.150. The lowest BCUT2D eigenvalue weighted by Crippen LogP contribution is -2.14. The molecule has 0 aliphatic rings. The molecule has 136 valence electrons. The first-order chi connectivity index (χ1) is 13.1. The Labute approximate surface area is 168 Å². The lowest BCUT2D eigenvalue weighted by atomic mass is 10.1. The molecule has 3 aromatic rings. The predicted octanol–water partition coefficient (Wildman–Crippen LogP) is 5.78. The Morgan fingerprint density at radius 2 is 1.78 bits per heavy atom. The van der Waals surface area contributed by atoms with Crippen molar-refractivity contribution in [2.45, 2.75) is 30.8 Å². The number of nitriles is 1. The van der Waals surface area contributed by atoms with Crippen LogP contribution in [0.4, 0.5) is 5.82 Å². The lowest BCUT2D eigenvalue weighted by molar-refractivity contribution is 0.866. The normalized spacial score (nSPS) is 10.6. The molecule has 4 nitrogen and oxygen atoms in total. The zero-order valence-electron chi connectivity index (χ0n) is 15.1. The molecular weight excluding hydrogens is 376 g/mol. The number of rotatable bonds is 6. The molecule has 0 saturated heterocycles. The molecule has 0 amide bonds. The van der Waals surface area contributed by atoms with Crippen LogP contribution in [0, 0.1) is 11.3 Å².